The first-order chi connectivity index (χ1) is 6.83. The molecule has 0 aromatic carbocycles. The van der Waals surface area contributed by atoms with Crippen LogP contribution in [0.3, 0.4) is 0 Å². The van der Waals surface area contributed by atoms with Crippen LogP contribution in [0.15, 0.2) is 27.8 Å². The van der Waals surface area contributed by atoms with E-state index >= 15 is 0 Å². The summed E-state index contributed by atoms with van der Waals surface area (Å²) in [5, 5.41) is 5.36. The molecule has 2 heterocycles. The molecule has 0 amide bonds. The highest BCUT2D eigenvalue weighted by Gasteiger charge is 2.21. The average molecular weight is 274 g/mol. The monoisotopic (exact) mass is 273 g/mol. The Hall–Kier alpha value is -0.320. The third kappa shape index (κ3) is 1.87. The van der Waals surface area contributed by atoms with E-state index < -0.39 is 0 Å². The standard InChI is InChI=1S/C10H12BrNOS/c1-12-9(8-3-2-5-13-8)10-7(11)4-6-14-10/h3-4,6,9,12H,2,5H2,1H3. The number of ether oxygens (including phenoxy) is 1. The van der Waals surface area contributed by atoms with E-state index in [1.807, 2.05) is 7.05 Å². The van der Waals surface area contributed by atoms with Crippen LogP contribution in [0.25, 0.3) is 0 Å². The predicted molar refractivity (Wildman–Crippen MR) is 62.5 cm³/mol. The summed E-state index contributed by atoms with van der Waals surface area (Å²) in [6, 6.07) is 2.27. The summed E-state index contributed by atoms with van der Waals surface area (Å²) in [6.45, 7) is 0.816. The van der Waals surface area contributed by atoms with Gasteiger partial charge in [0, 0.05) is 15.8 Å². The topological polar surface area (TPSA) is 21.3 Å². The van der Waals surface area contributed by atoms with E-state index in [1.165, 1.54) is 4.88 Å². The van der Waals surface area contributed by atoms with Gasteiger partial charge in [-0.25, -0.2) is 0 Å². The van der Waals surface area contributed by atoms with E-state index in [0.717, 1.165) is 23.3 Å². The first-order valence-corrected chi connectivity index (χ1v) is 6.23. The molecule has 0 saturated carbocycles. The second-order valence-corrected chi connectivity index (χ2v) is 4.90. The van der Waals surface area contributed by atoms with Gasteiger partial charge >= 0.3 is 0 Å². The summed E-state index contributed by atoms with van der Waals surface area (Å²) < 4.78 is 6.72. The van der Waals surface area contributed by atoms with E-state index in [1.54, 1.807) is 11.3 Å². The highest BCUT2D eigenvalue weighted by atomic mass is 79.9. The zero-order valence-electron chi connectivity index (χ0n) is 7.92. The van der Waals surface area contributed by atoms with E-state index in [9.17, 15) is 0 Å². The number of hydrogen-bond donors (Lipinski definition) is 1. The number of likely N-dealkylation sites (N-methyl/N-ethyl adjacent to an activating group) is 1. The van der Waals surface area contributed by atoms with Crippen LogP contribution < -0.4 is 5.32 Å². The van der Waals surface area contributed by atoms with Gasteiger partial charge in [-0.3, -0.25) is 0 Å². The van der Waals surface area contributed by atoms with Crippen molar-refractivity contribution >= 4 is 27.3 Å². The molecule has 0 aliphatic carbocycles. The minimum absolute atomic E-state index is 0.201. The lowest BCUT2D eigenvalue weighted by atomic mass is 10.2. The van der Waals surface area contributed by atoms with Crippen LogP contribution in [0, 0.1) is 0 Å². The molecule has 2 nitrogen and oxygen atoms in total. The van der Waals surface area contributed by atoms with Crippen LogP contribution in [0.4, 0.5) is 0 Å². The smallest absolute Gasteiger partial charge is 0.114 e. The summed E-state index contributed by atoms with van der Waals surface area (Å²) in [5.41, 5.74) is 0. The van der Waals surface area contributed by atoms with Gasteiger partial charge in [-0.05, 0) is 40.5 Å². The van der Waals surface area contributed by atoms with Gasteiger partial charge in [0.15, 0.2) is 0 Å². The lowest BCUT2D eigenvalue weighted by Crippen LogP contribution is -2.18. The highest BCUT2D eigenvalue weighted by molar-refractivity contribution is 9.10. The van der Waals surface area contributed by atoms with E-state index in [4.69, 9.17) is 4.74 Å². The number of halogens is 1. The third-order valence-electron chi connectivity index (χ3n) is 2.21. The molecule has 0 saturated heterocycles. The SMILES string of the molecule is CNC(C1=CCCO1)c1sccc1Br. The quantitative estimate of drug-likeness (QED) is 0.914. The van der Waals surface area contributed by atoms with Gasteiger partial charge in [0.05, 0.1) is 6.61 Å². The Balaban J connectivity index is 2.25. The van der Waals surface area contributed by atoms with Crippen molar-refractivity contribution in [3.8, 4) is 0 Å². The van der Waals surface area contributed by atoms with Gasteiger partial charge < -0.3 is 10.1 Å². The van der Waals surface area contributed by atoms with Crippen molar-refractivity contribution < 1.29 is 4.74 Å². The van der Waals surface area contributed by atoms with Crippen LogP contribution >= 0.6 is 27.3 Å². The molecule has 0 spiro atoms. The van der Waals surface area contributed by atoms with Crippen molar-refractivity contribution in [2.45, 2.75) is 12.5 Å². The lowest BCUT2D eigenvalue weighted by Gasteiger charge is -2.16. The fourth-order valence-corrected chi connectivity index (χ4v) is 3.27. The summed E-state index contributed by atoms with van der Waals surface area (Å²) in [6.07, 6.45) is 3.18. The van der Waals surface area contributed by atoms with E-state index in [0.29, 0.717) is 0 Å². The first-order valence-electron chi connectivity index (χ1n) is 4.56. The number of rotatable bonds is 3. The first kappa shape index (κ1) is 10.2. The van der Waals surface area contributed by atoms with Crippen LogP contribution in [0.1, 0.15) is 17.3 Å². The Labute approximate surface area is 96.1 Å². The summed E-state index contributed by atoms with van der Waals surface area (Å²) in [7, 11) is 1.96. The molecule has 76 valence electrons. The van der Waals surface area contributed by atoms with Gasteiger partial charge in [-0.1, -0.05) is 0 Å². The van der Waals surface area contributed by atoms with Crippen molar-refractivity contribution in [1.82, 2.24) is 5.32 Å². The van der Waals surface area contributed by atoms with Crippen LogP contribution in [-0.2, 0) is 4.74 Å². The van der Waals surface area contributed by atoms with Crippen LogP contribution in [0.5, 0.6) is 0 Å². The van der Waals surface area contributed by atoms with Crippen LogP contribution in [0.2, 0.25) is 0 Å². The Bertz CT molecular complexity index is 348. The van der Waals surface area contributed by atoms with Gasteiger partial charge in [-0.15, -0.1) is 11.3 Å². The Kier molecular flexibility index (Phi) is 3.26. The van der Waals surface area contributed by atoms with Gasteiger partial charge in [-0.2, -0.15) is 0 Å². The molecule has 4 heteroatoms. The fraction of sp³-hybridized carbons (Fsp3) is 0.400. The summed E-state index contributed by atoms with van der Waals surface area (Å²) in [4.78, 5) is 1.28. The molecule has 1 aromatic heterocycles. The second kappa shape index (κ2) is 4.47. The molecular weight excluding hydrogens is 262 g/mol. The molecular formula is C10H12BrNOS. The van der Waals surface area contributed by atoms with Crippen LogP contribution in [-0.4, -0.2) is 13.7 Å². The maximum atomic E-state index is 5.57. The molecule has 1 aromatic rings. The average Bonchev–Trinajstić information content (AvgIpc) is 2.80. The second-order valence-electron chi connectivity index (χ2n) is 3.10. The van der Waals surface area contributed by atoms with Crippen molar-refractivity contribution in [3.05, 3.63) is 32.6 Å². The molecule has 1 N–H and O–H groups in total. The van der Waals surface area contributed by atoms with Crippen molar-refractivity contribution in [3.63, 3.8) is 0 Å². The molecule has 14 heavy (non-hydrogen) atoms. The minimum Gasteiger partial charge on any atom is -0.496 e. The van der Waals surface area contributed by atoms with Gasteiger partial charge in [0.1, 0.15) is 11.8 Å². The lowest BCUT2D eigenvalue weighted by molar-refractivity contribution is 0.218. The molecule has 0 radical (unpaired) electrons. The van der Waals surface area contributed by atoms with Crippen molar-refractivity contribution in [2.75, 3.05) is 13.7 Å². The van der Waals surface area contributed by atoms with Gasteiger partial charge in [0.2, 0.25) is 0 Å². The zero-order valence-corrected chi connectivity index (χ0v) is 10.3. The Morgan fingerprint density at radius 3 is 3.00 bits per heavy atom. The molecule has 0 bridgehead atoms. The largest absolute Gasteiger partial charge is 0.496 e. The van der Waals surface area contributed by atoms with Crippen molar-refractivity contribution in [2.24, 2.45) is 0 Å². The highest BCUT2D eigenvalue weighted by Crippen LogP contribution is 2.34. The Morgan fingerprint density at radius 1 is 1.64 bits per heavy atom. The Morgan fingerprint density at radius 2 is 2.50 bits per heavy atom. The summed E-state index contributed by atoms with van der Waals surface area (Å²) >= 11 is 5.28. The molecule has 1 aliphatic heterocycles. The fourth-order valence-electron chi connectivity index (χ4n) is 1.55. The normalized spacial score (nSPS) is 17.7. The van der Waals surface area contributed by atoms with E-state index in [-0.39, 0.29) is 6.04 Å². The van der Waals surface area contributed by atoms with Gasteiger partial charge in [0.25, 0.3) is 0 Å². The molecule has 1 aliphatic rings. The van der Waals surface area contributed by atoms with Crippen molar-refractivity contribution in [1.29, 1.82) is 0 Å². The number of thiophene rings is 1. The maximum Gasteiger partial charge on any atom is 0.114 e. The van der Waals surface area contributed by atoms with E-state index in [2.05, 4.69) is 38.8 Å². The molecule has 1 atom stereocenters. The predicted octanol–water partition coefficient (Wildman–Crippen LogP) is 3.08. The minimum atomic E-state index is 0.201. The third-order valence-corrected chi connectivity index (χ3v) is 4.15. The molecule has 1 unspecified atom stereocenters. The number of nitrogens with one attached hydrogen (secondary N) is 1. The summed E-state index contributed by atoms with van der Waals surface area (Å²) in [5.74, 6) is 1.05. The maximum absolute atomic E-state index is 5.57. The zero-order chi connectivity index (χ0) is 9.97. The molecule has 2 rings (SSSR count). The molecule has 0 fully saturated rings. The number of hydrogen-bond acceptors (Lipinski definition) is 3.